The van der Waals surface area contributed by atoms with E-state index in [2.05, 4.69) is 25.1 Å². The van der Waals surface area contributed by atoms with Crippen molar-refractivity contribution in [1.82, 2.24) is 14.9 Å². The van der Waals surface area contributed by atoms with Gasteiger partial charge in [0.15, 0.2) is 0 Å². The van der Waals surface area contributed by atoms with Gasteiger partial charge in [0.1, 0.15) is 35.1 Å². The highest BCUT2D eigenvalue weighted by Gasteiger charge is 2.22. The summed E-state index contributed by atoms with van der Waals surface area (Å²) >= 11 is 7.51. The number of hydrogen-bond acceptors (Lipinski definition) is 6. The predicted octanol–water partition coefficient (Wildman–Crippen LogP) is 5.35. The summed E-state index contributed by atoms with van der Waals surface area (Å²) in [7, 11) is 0. The summed E-state index contributed by atoms with van der Waals surface area (Å²) in [5, 5.41) is 3.84. The van der Waals surface area contributed by atoms with Gasteiger partial charge in [-0.2, -0.15) is 0 Å². The maximum Gasteiger partial charge on any atom is 0.141 e. The number of anilines is 1. The number of ether oxygens (including phenoxy) is 1. The molecular formula is C24H22ClFN4OS. The van der Waals surface area contributed by atoms with Crippen LogP contribution in [-0.2, 0) is 0 Å². The van der Waals surface area contributed by atoms with E-state index in [9.17, 15) is 4.39 Å². The van der Waals surface area contributed by atoms with Crippen LogP contribution < -0.4 is 9.64 Å². The van der Waals surface area contributed by atoms with E-state index >= 15 is 0 Å². The number of rotatable bonds is 6. The first-order valence-corrected chi connectivity index (χ1v) is 11.8. The van der Waals surface area contributed by atoms with Gasteiger partial charge in [-0.3, -0.25) is 4.90 Å². The summed E-state index contributed by atoms with van der Waals surface area (Å²) in [4.78, 5) is 14.8. The molecule has 0 unspecified atom stereocenters. The molecule has 3 heterocycles. The van der Waals surface area contributed by atoms with Crippen molar-refractivity contribution < 1.29 is 9.13 Å². The maximum atomic E-state index is 13.4. The number of nitrogens with zero attached hydrogens (tertiary/aromatic N) is 4. The smallest absolute Gasteiger partial charge is 0.141 e. The Kier molecular flexibility index (Phi) is 6.21. The van der Waals surface area contributed by atoms with E-state index in [1.54, 1.807) is 17.7 Å². The molecule has 1 aliphatic rings. The predicted molar refractivity (Wildman–Crippen MR) is 128 cm³/mol. The average molecular weight is 469 g/mol. The molecule has 0 atom stereocenters. The van der Waals surface area contributed by atoms with Crippen LogP contribution in [0.5, 0.6) is 5.75 Å². The van der Waals surface area contributed by atoms with Crippen LogP contribution in [0.2, 0.25) is 5.02 Å². The third kappa shape index (κ3) is 4.55. The van der Waals surface area contributed by atoms with Crippen LogP contribution in [-0.4, -0.2) is 54.2 Å². The van der Waals surface area contributed by atoms with Crippen LogP contribution >= 0.6 is 22.9 Å². The highest BCUT2D eigenvalue weighted by molar-refractivity contribution is 7.17. The second-order valence-electron chi connectivity index (χ2n) is 7.66. The highest BCUT2D eigenvalue weighted by Crippen LogP contribution is 2.38. The number of aromatic nitrogens is 2. The van der Waals surface area contributed by atoms with Crippen molar-refractivity contribution in [3.8, 4) is 16.9 Å². The fourth-order valence-electron chi connectivity index (χ4n) is 3.95. The molecule has 5 rings (SSSR count). The molecule has 0 amide bonds. The molecular weight excluding hydrogens is 447 g/mol. The summed E-state index contributed by atoms with van der Waals surface area (Å²) in [6.45, 7) is 5.14. The van der Waals surface area contributed by atoms with Gasteiger partial charge >= 0.3 is 0 Å². The van der Waals surface area contributed by atoms with Crippen molar-refractivity contribution in [1.29, 1.82) is 0 Å². The topological polar surface area (TPSA) is 41.5 Å². The molecule has 0 N–H and O–H groups in total. The molecule has 0 spiro atoms. The van der Waals surface area contributed by atoms with Crippen molar-refractivity contribution in [2.75, 3.05) is 44.2 Å². The van der Waals surface area contributed by atoms with Crippen molar-refractivity contribution in [2.24, 2.45) is 0 Å². The first-order chi connectivity index (χ1) is 15.7. The molecule has 0 aliphatic carbocycles. The zero-order valence-corrected chi connectivity index (χ0v) is 18.9. The number of fused-ring (bicyclic) bond motifs is 1. The maximum absolute atomic E-state index is 13.4. The van der Waals surface area contributed by atoms with E-state index in [0.29, 0.717) is 11.6 Å². The summed E-state index contributed by atoms with van der Waals surface area (Å²) < 4.78 is 19.2. The molecule has 1 saturated heterocycles. The molecule has 32 heavy (non-hydrogen) atoms. The van der Waals surface area contributed by atoms with Gasteiger partial charge in [-0.15, -0.1) is 11.3 Å². The Morgan fingerprint density at radius 3 is 2.47 bits per heavy atom. The van der Waals surface area contributed by atoms with Crippen LogP contribution in [0.4, 0.5) is 10.2 Å². The molecule has 0 saturated carbocycles. The summed E-state index contributed by atoms with van der Waals surface area (Å²) in [6, 6.07) is 14.1. The van der Waals surface area contributed by atoms with Gasteiger partial charge in [0.05, 0.1) is 5.39 Å². The lowest BCUT2D eigenvalue weighted by Crippen LogP contribution is -2.47. The van der Waals surface area contributed by atoms with Crippen molar-refractivity contribution in [3.05, 3.63) is 71.1 Å². The minimum atomic E-state index is -0.235. The third-order valence-corrected chi connectivity index (χ3v) is 6.81. The van der Waals surface area contributed by atoms with Crippen molar-refractivity contribution in [3.63, 3.8) is 0 Å². The Labute approximate surface area is 195 Å². The van der Waals surface area contributed by atoms with E-state index in [1.807, 2.05) is 36.4 Å². The van der Waals surface area contributed by atoms with Gasteiger partial charge in [0, 0.05) is 48.7 Å². The van der Waals surface area contributed by atoms with Gasteiger partial charge in [0.25, 0.3) is 0 Å². The molecule has 8 heteroatoms. The molecule has 1 fully saturated rings. The molecule has 164 valence electrons. The van der Waals surface area contributed by atoms with Gasteiger partial charge in [-0.05, 0) is 42.0 Å². The number of hydrogen-bond donors (Lipinski definition) is 0. The highest BCUT2D eigenvalue weighted by atomic mass is 35.5. The standard InChI is InChI=1S/C24H22ClFN4OS/c25-18-3-7-20(8-4-18)31-14-13-29-9-11-30(12-10-29)23-22-21(15-32-24(22)28-16-27-23)17-1-5-19(26)6-2-17/h1-8,15-16H,9-14H2. The molecule has 1 aliphatic heterocycles. The zero-order chi connectivity index (χ0) is 21.9. The van der Waals surface area contributed by atoms with E-state index in [4.69, 9.17) is 16.3 Å². The van der Waals surface area contributed by atoms with Crippen LogP contribution in [0, 0.1) is 5.82 Å². The van der Waals surface area contributed by atoms with Crippen molar-refractivity contribution >= 4 is 39.0 Å². The molecule has 2 aromatic heterocycles. The van der Waals surface area contributed by atoms with E-state index in [1.165, 1.54) is 12.1 Å². The van der Waals surface area contributed by atoms with Gasteiger partial charge in [-0.1, -0.05) is 23.7 Å². The third-order valence-electron chi connectivity index (χ3n) is 5.67. The minimum Gasteiger partial charge on any atom is -0.492 e. The molecule has 0 radical (unpaired) electrons. The first kappa shape index (κ1) is 21.1. The largest absolute Gasteiger partial charge is 0.492 e. The number of benzene rings is 2. The Bertz CT molecular complexity index is 1190. The van der Waals surface area contributed by atoms with E-state index in [-0.39, 0.29) is 5.82 Å². The SMILES string of the molecule is Fc1ccc(-c2csc3ncnc(N4CCN(CCOc5ccc(Cl)cc5)CC4)c23)cc1. The minimum absolute atomic E-state index is 0.235. The second-order valence-corrected chi connectivity index (χ2v) is 8.96. The fourth-order valence-corrected chi connectivity index (χ4v) is 4.98. The number of halogens is 2. The van der Waals surface area contributed by atoms with Crippen LogP contribution in [0.25, 0.3) is 21.3 Å². The average Bonchev–Trinajstić information content (AvgIpc) is 3.26. The van der Waals surface area contributed by atoms with Crippen LogP contribution in [0.15, 0.2) is 60.2 Å². The van der Waals surface area contributed by atoms with E-state index in [0.717, 1.165) is 65.6 Å². The number of piperazine rings is 1. The lowest BCUT2D eigenvalue weighted by atomic mass is 10.1. The monoisotopic (exact) mass is 468 g/mol. The van der Waals surface area contributed by atoms with Gasteiger partial charge in [0.2, 0.25) is 0 Å². The lowest BCUT2D eigenvalue weighted by Gasteiger charge is -2.35. The Hall–Kier alpha value is -2.74. The normalized spacial score (nSPS) is 14.8. The van der Waals surface area contributed by atoms with Crippen molar-refractivity contribution in [2.45, 2.75) is 0 Å². The number of thiophene rings is 1. The quantitative estimate of drug-likeness (QED) is 0.381. The van der Waals surface area contributed by atoms with Gasteiger partial charge < -0.3 is 9.64 Å². The van der Waals surface area contributed by atoms with Crippen LogP contribution in [0.3, 0.4) is 0 Å². The summed E-state index contributed by atoms with van der Waals surface area (Å²) in [5.74, 6) is 1.55. The Morgan fingerprint density at radius 2 is 1.72 bits per heavy atom. The summed E-state index contributed by atoms with van der Waals surface area (Å²) in [5.41, 5.74) is 2.03. The fraction of sp³-hybridized carbons (Fsp3) is 0.250. The first-order valence-electron chi connectivity index (χ1n) is 10.5. The Morgan fingerprint density at radius 1 is 0.969 bits per heavy atom. The Balaban J connectivity index is 1.25. The zero-order valence-electron chi connectivity index (χ0n) is 17.4. The molecule has 2 aromatic carbocycles. The molecule has 4 aromatic rings. The lowest BCUT2D eigenvalue weighted by molar-refractivity contribution is 0.200. The molecule has 5 nitrogen and oxygen atoms in total. The summed E-state index contributed by atoms with van der Waals surface area (Å²) in [6.07, 6.45) is 1.63. The van der Waals surface area contributed by atoms with E-state index < -0.39 is 0 Å². The second kappa shape index (κ2) is 9.40. The molecule has 0 bridgehead atoms. The van der Waals surface area contributed by atoms with Crippen LogP contribution in [0.1, 0.15) is 0 Å². The van der Waals surface area contributed by atoms with Gasteiger partial charge in [-0.25, -0.2) is 14.4 Å².